The zero-order valence-corrected chi connectivity index (χ0v) is 11.3. The Morgan fingerprint density at radius 2 is 2.00 bits per heavy atom. The average molecular weight is 250 g/mol. The highest BCUT2D eigenvalue weighted by Gasteiger charge is 2.07. The van der Waals surface area contributed by atoms with Crippen LogP contribution in [0.2, 0.25) is 0 Å². The summed E-state index contributed by atoms with van der Waals surface area (Å²) >= 11 is 0. The van der Waals surface area contributed by atoms with Gasteiger partial charge >= 0.3 is 0 Å². The van der Waals surface area contributed by atoms with E-state index in [4.69, 9.17) is 0 Å². The van der Waals surface area contributed by atoms with Crippen LogP contribution in [0.1, 0.15) is 31.9 Å². The van der Waals surface area contributed by atoms with E-state index in [1.807, 2.05) is 43.1 Å². The second-order valence-corrected chi connectivity index (χ2v) is 4.47. The number of carbonyl (C=O) groups excluding carboxylic acids is 1. The predicted molar refractivity (Wildman–Crippen MR) is 73.6 cm³/mol. The van der Waals surface area contributed by atoms with E-state index < -0.39 is 6.10 Å². The van der Waals surface area contributed by atoms with E-state index in [1.54, 1.807) is 6.92 Å². The lowest BCUT2D eigenvalue weighted by atomic mass is 10.1. The fourth-order valence-electron chi connectivity index (χ4n) is 1.63. The molecule has 1 unspecified atom stereocenters. The van der Waals surface area contributed by atoms with Crippen molar-refractivity contribution in [3.05, 3.63) is 29.8 Å². The van der Waals surface area contributed by atoms with Gasteiger partial charge < -0.3 is 15.3 Å². The quantitative estimate of drug-likeness (QED) is 0.808. The van der Waals surface area contributed by atoms with Gasteiger partial charge in [0.1, 0.15) is 0 Å². The Hall–Kier alpha value is -1.55. The molecule has 0 bridgehead atoms. The molecule has 0 saturated carbocycles. The second kappa shape index (κ2) is 7.01. The first-order valence-electron chi connectivity index (χ1n) is 6.30. The number of hydrogen-bond donors (Lipinski definition) is 2. The first-order valence-corrected chi connectivity index (χ1v) is 6.30. The molecule has 2 N–H and O–H groups in total. The fraction of sp³-hybridized carbons (Fsp3) is 0.500. The van der Waals surface area contributed by atoms with Gasteiger partial charge in [0.05, 0.1) is 12.6 Å². The molecule has 1 amide bonds. The van der Waals surface area contributed by atoms with Crippen molar-refractivity contribution in [1.29, 1.82) is 0 Å². The van der Waals surface area contributed by atoms with Gasteiger partial charge in [-0.05, 0) is 31.0 Å². The van der Waals surface area contributed by atoms with Crippen LogP contribution in [-0.4, -0.2) is 31.2 Å². The van der Waals surface area contributed by atoms with E-state index in [0.29, 0.717) is 13.1 Å². The molecule has 1 atom stereocenters. The zero-order chi connectivity index (χ0) is 13.5. The maximum atomic E-state index is 11.6. The van der Waals surface area contributed by atoms with Crippen molar-refractivity contribution in [3.8, 4) is 0 Å². The lowest BCUT2D eigenvalue weighted by molar-refractivity contribution is -0.119. The molecule has 0 heterocycles. The number of aliphatic hydroxyl groups is 1. The van der Waals surface area contributed by atoms with Gasteiger partial charge in [-0.1, -0.05) is 19.1 Å². The van der Waals surface area contributed by atoms with E-state index >= 15 is 0 Å². The minimum atomic E-state index is -0.461. The van der Waals surface area contributed by atoms with Crippen LogP contribution in [0.4, 0.5) is 5.69 Å². The van der Waals surface area contributed by atoms with Gasteiger partial charge in [-0.3, -0.25) is 4.79 Å². The van der Waals surface area contributed by atoms with Crippen LogP contribution < -0.4 is 10.2 Å². The highest BCUT2D eigenvalue weighted by atomic mass is 16.3. The molecule has 0 radical (unpaired) electrons. The van der Waals surface area contributed by atoms with E-state index in [2.05, 4.69) is 5.32 Å². The smallest absolute Gasteiger partial charge is 0.239 e. The molecule has 4 nitrogen and oxygen atoms in total. The number of benzene rings is 1. The number of carbonyl (C=O) groups is 1. The normalized spacial score (nSPS) is 12.0. The largest absolute Gasteiger partial charge is 0.389 e. The summed E-state index contributed by atoms with van der Waals surface area (Å²) < 4.78 is 0. The Labute approximate surface area is 109 Å². The minimum Gasteiger partial charge on any atom is -0.389 e. The summed E-state index contributed by atoms with van der Waals surface area (Å²) in [5.74, 6) is 0.0268. The number of nitrogens with one attached hydrogen (secondary N) is 1. The highest BCUT2D eigenvalue weighted by Crippen LogP contribution is 2.17. The number of nitrogens with zero attached hydrogens (tertiary/aromatic N) is 1. The predicted octanol–water partition coefficient (Wildman–Crippen LogP) is 1.70. The van der Waals surface area contributed by atoms with E-state index in [-0.39, 0.29) is 5.91 Å². The van der Waals surface area contributed by atoms with Crippen molar-refractivity contribution in [2.24, 2.45) is 0 Å². The van der Waals surface area contributed by atoms with Crippen LogP contribution in [0.25, 0.3) is 0 Å². The number of anilines is 1. The van der Waals surface area contributed by atoms with Crippen LogP contribution in [-0.2, 0) is 4.79 Å². The van der Waals surface area contributed by atoms with Crippen LogP contribution in [0, 0.1) is 0 Å². The molecular formula is C14H22N2O2. The number of hydrogen-bond acceptors (Lipinski definition) is 3. The Morgan fingerprint density at radius 1 is 1.39 bits per heavy atom. The standard InChI is InChI=1S/C14H22N2O2/c1-4-9-15-14(18)10-16(3)13-7-5-12(6-8-13)11(2)17/h5-8,11,17H,4,9-10H2,1-3H3,(H,15,18). The summed E-state index contributed by atoms with van der Waals surface area (Å²) in [5, 5.41) is 12.3. The second-order valence-electron chi connectivity index (χ2n) is 4.47. The van der Waals surface area contributed by atoms with Gasteiger partial charge in [-0.15, -0.1) is 0 Å². The number of rotatable bonds is 6. The van der Waals surface area contributed by atoms with E-state index in [0.717, 1.165) is 17.7 Å². The molecule has 4 heteroatoms. The van der Waals surface area contributed by atoms with Crippen molar-refractivity contribution in [2.75, 3.05) is 25.0 Å². The minimum absolute atomic E-state index is 0.0268. The monoisotopic (exact) mass is 250 g/mol. The molecule has 0 aliphatic rings. The Balaban J connectivity index is 2.56. The molecular weight excluding hydrogens is 228 g/mol. The fourth-order valence-corrected chi connectivity index (χ4v) is 1.63. The van der Waals surface area contributed by atoms with Crippen molar-refractivity contribution in [3.63, 3.8) is 0 Å². The topological polar surface area (TPSA) is 52.6 Å². The van der Waals surface area contributed by atoms with Crippen LogP contribution in [0.3, 0.4) is 0 Å². The Morgan fingerprint density at radius 3 is 2.50 bits per heavy atom. The van der Waals surface area contributed by atoms with E-state index in [9.17, 15) is 9.90 Å². The maximum Gasteiger partial charge on any atom is 0.239 e. The summed E-state index contributed by atoms with van der Waals surface area (Å²) in [5.41, 5.74) is 1.84. The summed E-state index contributed by atoms with van der Waals surface area (Å²) in [7, 11) is 1.88. The first-order chi connectivity index (χ1) is 8.54. The van der Waals surface area contributed by atoms with Crippen LogP contribution in [0.5, 0.6) is 0 Å². The lowest BCUT2D eigenvalue weighted by Crippen LogP contribution is -2.35. The van der Waals surface area contributed by atoms with Crippen molar-refractivity contribution < 1.29 is 9.90 Å². The highest BCUT2D eigenvalue weighted by molar-refractivity contribution is 5.81. The average Bonchev–Trinajstić information content (AvgIpc) is 2.36. The van der Waals surface area contributed by atoms with E-state index in [1.165, 1.54) is 0 Å². The summed E-state index contributed by atoms with van der Waals surface area (Å²) in [6.07, 6.45) is 0.482. The maximum absolute atomic E-state index is 11.6. The SMILES string of the molecule is CCCNC(=O)CN(C)c1ccc(C(C)O)cc1. The van der Waals surface area contributed by atoms with Crippen molar-refractivity contribution in [2.45, 2.75) is 26.4 Å². The number of likely N-dealkylation sites (N-methyl/N-ethyl adjacent to an activating group) is 1. The van der Waals surface area contributed by atoms with Gasteiger partial charge in [-0.2, -0.15) is 0 Å². The Bertz CT molecular complexity index is 374. The van der Waals surface area contributed by atoms with Crippen molar-refractivity contribution >= 4 is 11.6 Å². The van der Waals surface area contributed by atoms with Gasteiger partial charge in [0.15, 0.2) is 0 Å². The van der Waals surface area contributed by atoms with Gasteiger partial charge in [0, 0.05) is 19.3 Å². The molecule has 0 spiro atoms. The molecule has 100 valence electrons. The molecule has 0 aliphatic heterocycles. The number of aliphatic hydroxyl groups excluding tert-OH is 1. The molecule has 0 aliphatic carbocycles. The zero-order valence-electron chi connectivity index (χ0n) is 11.3. The summed E-state index contributed by atoms with van der Waals surface area (Å²) in [6.45, 7) is 4.82. The molecule has 18 heavy (non-hydrogen) atoms. The van der Waals surface area contributed by atoms with Crippen LogP contribution >= 0.6 is 0 Å². The van der Waals surface area contributed by atoms with Gasteiger partial charge in [0.25, 0.3) is 0 Å². The third kappa shape index (κ3) is 4.37. The van der Waals surface area contributed by atoms with Gasteiger partial charge in [0.2, 0.25) is 5.91 Å². The third-order valence-corrected chi connectivity index (χ3v) is 2.77. The molecule has 0 fully saturated rings. The van der Waals surface area contributed by atoms with Crippen LogP contribution in [0.15, 0.2) is 24.3 Å². The summed E-state index contributed by atoms with van der Waals surface area (Å²) in [6, 6.07) is 7.57. The Kier molecular flexibility index (Phi) is 5.65. The lowest BCUT2D eigenvalue weighted by Gasteiger charge is -2.19. The first kappa shape index (κ1) is 14.5. The van der Waals surface area contributed by atoms with Crippen molar-refractivity contribution in [1.82, 2.24) is 5.32 Å². The summed E-state index contributed by atoms with van der Waals surface area (Å²) in [4.78, 5) is 13.5. The molecule has 1 aromatic carbocycles. The molecule has 1 rings (SSSR count). The molecule has 0 saturated heterocycles. The number of amides is 1. The molecule has 0 aromatic heterocycles. The third-order valence-electron chi connectivity index (χ3n) is 2.77. The van der Waals surface area contributed by atoms with Gasteiger partial charge in [-0.25, -0.2) is 0 Å². The molecule has 1 aromatic rings.